The van der Waals surface area contributed by atoms with Crippen LogP contribution in [0.15, 0.2) is 125 Å². The molecule has 2 heterocycles. The van der Waals surface area contributed by atoms with Crippen molar-refractivity contribution in [3.05, 3.63) is 107 Å². The van der Waals surface area contributed by atoms with Crippen molar-refractivity contribution in [2.24, 2.45) is 20.4 Å². The van der Waals surface area contributed by atoms with E-state index < -0.39 is 157 Å². The van der Waals surface area contributed by atoms with Crippen LogP contribution in [-0.2, 0) is 82.3 Å². The molecule has 658 valence electrons. The number of hydroxylamine groups is 1. The number of azo groups is 1. The number of carbonyl (C=O) groups excluding carboxylic acids is 5. The molecule has 6 aromatic rings. The number of likely N-dealkylation sites (N-methyl/N-ethyl adjacent to an activating group) is 1. The number of aliphatic imine (C=N–C) groups is 1. The number of benzene rings is 4. The summed E-state index contributed by atoms with van der Waals surface area (Å²) in [4.78, 5) is 96.6. The average Bonchev–Trinajstić information content (AvgIpc) is 0.987. The first kappa shape index (κ1) is 99.4. The third kappa shape index (κ3) is 39.4. The molecule has 0 radical (unpaired) electrons. The van der Waals surface area contributed by atoms with Crippen molar-refractivity contribution in [3.8, 4) is 5.75 Å². The number of esters is 2. The quantitative estimate of drug-likeness (QED) is 0.00152. The fourth-order valence-electron chi connectivity index (χ4n) is 12.0. The predicted octanol–water partition coefficient (Wildman–Crippen LogP) is 14.6. The Balaban J connectivity index is 1.27. The summed E-state index contributed by atoms with van der Waals surface area (Å²) in [6.07, 6.45) is 23.4. The van der Waals surface area contributed by atoms with Crippen LogP contribution in [0.2, 0.25) is 0 Å². The molecule has 119 heavy (non-hydrogen) atoms. The normalized spacial score (nSPS) is 13.6. The first-order chi connectivity index (χ1) is 56.6. The zero-order valence-electron chi connectivity index (χ0n) is 67.7. The number of nitrogens with zero attached hydrogens (tertiary/aromatic N) is 7. The molecule has 0 aliphatic heterocycles. The van der Waals surface area contributed by atoms with Crippen molar-refractivity contribution < 1.29 is 114 Å². The zero-order valence-corrected chi connectivity index (χ0v) is 72.7. The highest BCUT2D eigenvalue weighted by molar-refractivity contribution is 9.10. The third-order valence-corrected chi connectivity index (χ3v) is 22.2. The van der Waals surface area contributed by atoms with Gasteiger partial charge in [0.25, 0.3) is 38.3 Å². The van der Waals surface area contributed by atoms with Crippen LogP contribution in [-0.4, -0.2) is 169 Å². The molecule has 0 spiro atoms. The summed E-state index contributed by atoms with van der Waals surface area (Å²) in [5.41, 5.74) is 1.00. The molecular weight excluding hydrogens is 1700 g/mol. The number of anilines is 1. The van der Waals surface area contributed by atoms with Crippen molar-refractivity contribution in [2.45, 2.75) is 228 Å². The fraction of sp³-hybridized carbons (Fsp3) is 0.551. The molecule has 0 bridgehead atoms. The van der Waals surface area contributed by atoms with Crippen molar-refractivity contribution in [2.75, 3.05) is 65.9 Å². The maximum atomic E-state index is 14.5. The molecule has 8 N–H and O–H groups in total. The van der Waals surface area contributed by atoms with E-state index in [-0.39, 0.29) is 65.4 Å². The Labute approximate surface area is 702 Å². The minimum Gasteiger partial charge on any atom is -0.756 e. The SMILES string of the molecule is CCCCCCCCCCCCC/C=C/[C@@H](OC(=O)CCC(=O)OCC(CC(=O)ONC(=Nc1ccc(F)c(Br)c1)c1nonc1NCCNS(N)(=O)=O)OC(=O)Oc1c(N=Nc2ccc3cc(S(=O)(=O)O)ccc3c2)cc(S(=O)(=O)O)c2cccnc12)[C@H](COP(=O)([O-])OCC[N+](C)(C)C)NC(=O)CCCCCCCCCCCCCCC. The number of nitrogens with one attached hydrogen (secondary N) is 4. The van der Waals surface area contributed by atoms with Gasteiger partial charge in [0.1, 0.15) is 53.9 Å². The topological polar surface area (TPSA) is 496 Å². The van der Waals surface area contributed by atoms with Gasteiger partial charge in [-0.1, -0.05) is 173 Å². The molecule has 4 aromatic carbocycles. The highest BCUT2D eigenvalue weighted by Gasteiger charge is 2.31. The number of ether oxygens (including phenoxy) is 4. The maximum absolute atomic E-state index is 14.5. The molecule has 41 heteroatoms. The van der Waals surface area contributed by atoms with E-state index in [1.54, 1.807) is 6.08 Å². The number of unbranched alkanes of at least 4 members (excludes halogenated alkanes) is 23. The van der Waals surface area contributed by atoms with Gasteiger partial charge in [0.2, 0.25) is 11.7 Å². The van der Waals surface area contributed by atoms with E-state index in [0.29, 0.717) is 28.1 Å². The number of quaternary nitrogens is 1. The minimum atomic E-state index is -5.13. The Hall–Kier alpha value is -8.38. The van der Waals surface area contributed by atoms with Gasteiger partial charge in [-0.15, -0.1) is 5.11 Å². The Morgan fingerprint density at radius 3 is 1.93 bits per heavy atom. The van der Waals surface area contributed by atoms with Gasteiger partial charge in [0, 0.05) is 31.1 Å². The number of allylic oxidation sites excluding steroid dienone is 1. The van der Waals surface area contributed by atoms with Crippen molar-refractivity contribution in [1.82, 2.24) is 30.8 Å². The largest absolute Gasteiger partial charge is 0.756 e. The predicted molar refractivity (Wildman–Crippen MR) is 443 cm³/mol. The lowest BCUT2D eigenvalue weighted by Gasteiger charge is -2.30. The first-order valence-corrected chi connectivity index (χ1v) is 46.5. The monoisotopic (exact) mass is 1810 g/mol. The van der Waals surface area contributed by atoms with Gasteiger partial charge in [-0.25, -0.2) is 33.5 Å². The molecular formula is C78H111BrFN12O23PS3. The molecule has 0 aliphatic carbocycles. The second-order valence-corrected chi connectivity index (χ2v) is 35.8. The van der Waals surface area contributed by atoms with Crippen LogP contribution in [0.1, 0.15) is 206 Å². The number of phosphoric acid groups is 1. The summed E-state index contributed by atoms with van der Waals surface area (Å²) < 4.78 is 162. The van der Waals surface area contributed by atoms with E-state index >= 15 is 0 Å². The Kier molecular flexibility index (Phi) is 43.0. The van der Waals surface area contributed by atoms with Gasteiger partial charge in [-0.05, 0) is 123 Å². The number of nitrogens with two attached hydrogens (primary N) is 1. The molecule has 0 saturated carbocycles. The van der Waals surface area contributed by atoms with Crippen LogP contribution in [0.25, 0.3) is 21.7 Å². The Morgan fingerprint density at radius 1 is 0.697 bits per heavy atom. The van der Waals surface area contributed by atoms with Crippen LogP contribution < -0.4 is 35.6 Å². The van der Waals surface area contributed by atoms with Crippen LogP contribution in [0.4, 0.5) is 32.1 Å². The summed E-state index contributed by atoms with van der Waals surface area (Å²) in [7, 11) is -13.4. The molecule has 6 rings (SSSR count). The standard InChI is InChI=1S/C78H111BrFN12O23PS3/c1-6-8-10-12-14-16-18-20-22-24-26-28-30-34-67(66(55-110-116(98,99)109-48-47-92(3,4)5)86-69(93)35-31-29-27-25-23-21-19-17-15-13-11-9-7-2)112-71(95)43-42-70(94)108-54-60(52-72(96)114-90-77(85-58-39-41-64(80)63(79)51-58)74-76(91-115-89-74)83-45-46-84-119(81,106)107)111-78(97)113-75-65(53-68(118(103,104)105)62-33-32-44-82-73(62)75)88-87-59-38-36-57-50-61(117(100,101)102)40-37-56(57)49-59/h30,32-34,36-41,44,49-51,53,60,66-67,84H,6-29,31,35,42-43,45-48,52,54-55H2,1-5H3,(H7-,81,83,85,86,90,91,93,98,99,100,101,102,103,104,105,106,107)/b34-30+,88-87?/t60?,66-,67+/m0/s1. The molecule has 0 saturated heterocycles. The van der Waals surface area contributed by atoms with Crippen molar-refractivity contribution in [3.63, 3.8) is 0 Å². The molecule has 4 atom stereocenters. The van der Waals surface area contributed by atoms with E-state index in [2.05, 4.69) is 81.1 Å². The highest BCUT2D eigenvalue weighted by Crippen LogP contribution is 2.41. The van der Waals surface area contributed by atoms with Gasteiger partial charge >= 0.3 is 24.1 Å². The van der Waals surface area contributed by atoms with Crippen LogP contribution >= 0.6 is 23.8 Å². The number of pyridine rings is 1. The van der Waals surface area contributed by atoms with E-state index in [1.165, 1.54) is 138 Å². The smallest absolute Gasteiger partial charge is 0.514 e. The van der Waals surface area contributed by atoms with Gasteiger partial charge in [-0.3, -0.25) is 33.0 Å². The number of halogens is 2. The van der Waals surface area contributed by atoms with Gasteiger partial charge in [-0.2, -0.15) is 35.8 Å². The summed E-state index contributed by atoms with van der Waals surface area (Å²) in [6.45, 7) is 2.21. The molecule has 0 fully saturated rings. The number of phosphoric ester groups is 1. The maximum Gasteiger partial charge on any atom is 0.514 e. The highest BCUT2D eigenvalue weighted by atomic mass is 79.9. The summed E-state index contributed by atoms with van der Waals surface area (Å²) in [5, 5.41) is 26.9. The number of amides is 1. The molecule has 1 amide bonds. The Morgan fingerprint density at radius 2 is 1.31 bits per heavy atom. The summed E-state index contributed by atoms with van der Waals surface area (Å²) in [5.74, 6) is -6.03. The van der Waals surface area contributed by atoms with Crippen LogP contribution in [0.5, 0.6) is 5.75 Å². The lowest BCUT2D eigenvalue weighted by Crippen LogP contribution is -2.47. The van der Waals surface area contributed by atoms with E-state index in [1.807, 2.05) is 21.1 Å². The second kappa shape index (κ2) is 51.4. The molecule has 35 nitrogen and oxygen atoms in total. The molecule has 0 aliphatic rings. The van der Waals surface area contributed by atoms with E-state index in [4.69, 9.17) is 42.6 Å². The first-order valence-electron chi connectivity index (χ1n) is 39.9. The lowest BCUT2D eigenvalue weighted by atomic mass is 10.0. The van der Waals surface area contributed by atoms with Crippen LogP contribution in [0.3, 0.4) is 0 Å². The fourth-order valence-corrected chi connectivity index (χ4v) is 14.7. The Bertz CT molecular complexity index is 4770. The number of carbonyl (C=O) groups is 5. The van der Waals surface area contributed by atoms with Gasteiger partial charge < -0.3 is 52.8 Å². The number of hydrogen-bond acceptors (Lipinski definition) is 28. The van der Waals surface area contributed by atoms with Gasteiger partial charge in [0.15, 0.2) is 17.3 Å². The van der Waals surface area contributed by atoms with E-state index in [9.17, 15) is 72.2 Å². The minimum absolute atomic E-state index is 0.00163. The number of aromatic nitrogens is 3. The van der Waals surface area contributed by atoms with Crippen molar-refractivity contribution in [1.29, 1.82) is 0 Å². The lowest BCUT2D eigenvalue weighted by molar-refractivity contribution is -0.870. The number of fused-ring (bicyclic) bond motifs is 2. The third-order valence-electron chi connectivity index (χ3n) is 18.3. The van der Waals surface area contributed by atoms with Gasteiger partial charge in [0.05, 0.1) is 73.8 Å². The number of amidine groups is 1. The molecule has 2 aromatic heterocycles. The summed E-state index contributed by atoms with van der Waals surface area (Å²) >= 11 is 3.08. The van der Waals surface area contributed by atoms with Crippen LogP contribution in [0, 0.1) is 5.82 Å². The van der Waals surface area contributed by atoms with Crippen molar-refractivity contribution >= 4 is 135 Å². The number of hydrogen-bond donors (Lipinski definition) is 7. The summed E-state index contributed by atoms with van der Waals surface area (Å²) in [6, 6.07) is 13.3. The van der Waals surface area contributed by atoms with E-state index in [0.717, 1.165) is 95.0 Å². The zero-order chi connectivity index (χ0) is 86.9. The second-order valence-electron chi connectivity index (χ2n) is 29.4. The number of rotatable bonds is 57. The molecule has 2 unspecified atom stereocenters. The average molecular weight is 1810 g/mol.